The van der Waals surface area contributed by atoms with Gasteiger partial charge in [0.2, 0.25) is 5.91 Å². The summed E-state index contributed by atoms with van der Waals surface area (Å²) in [6.45, 7) is 4.94. The average Bonchev–Trinajstić information content (AvgIpc) is 2.38. The number of benzene rings is 1. The summed E-state index contributed by atoms with van der Waals surface area (Å²) in [4.78, 5) is 15.8. The predicted octanol–water partition coefficient (Wildman–Crippen LogP) is 1.11. The first-order valence-electron chi connectivity index (χ1n) is 6.44. The molecule has 98 valence electrons. The van der Waals surface area contributed by atoms with E-state index in [1.54, 1.807) is 4.90 Å². The molecule has 0 atom stereocenters. The maximum absolute atomic E-state index is 11.9. The molecule has 2 rings (SSSR count). The van der Waals surface area contributed by atoms with Crippen LogP contribution in [-0.2, 0) is 17.8 Å². The third-order valence-electron chi connectivity index (χ3n) is 3.65. The van der Waals surface area contributed by atoms with E-state index in [-0.39, 0.29) is 5.91 Å². The first kappa shape index (κ1) is 12.9. The largest absolute Gasteiger partial charge is 0.398 e. The molecule has 4 heteroatoms. The van der Waals surface area contributed by atoms with Gasteiger partial charge in [-0.25, -0.2) is 0 Å². The van der Waals surface area contributed by atoms with Crippen molar-refractivity contribution in [2.24, 2.45) is 0 Å². The van der Waals surface area contributed by atoms with Gasteiger partial charge in [0, 0.05) is 32.4 Å². The van der Waals surface area contributed by atoms with Crippen LogP contribution in [0.5, 0.6) is 0 Å². The number of carbonyl (C=O) groups is 1. The second-order valence-electron chi connectivity index (χ2n) is 4.85. The average molecular weight is 247 g/mol. The van der Waals surface area contributed by atoms with E-state index >= 15 is 0 Å². The molecule has 1 heterocycles. The molecule has 0 aromatic heterocycles. The Labute approximate surface area is 108 Å². The summed E-state index contributed by atoms with van der Waals surface area (Å²) in [6, 6.07) is 6.06. The highest BCUT2D eigenvalue weighted by molar-refractivity contribution is 5.78. The van der Waals surface area contributed by atoms with Gasteiger partial charge >= 0.3 is 0 Å². The molecule has 0 saturated heterocycles. The Balaban J connectivity index is 2.04. The fraction of sp³-hybridized carbons (Fsp3) is 0.500. The molecular formula is C14H21N3O. The van der Waals surface area contributed by atoms with E-state index in [4.69, 9.17) is 5.73 Å². The lowest BCUT2D eigenvalue weighted by molar-refractivity contribution is -0.131. The van der Waals surface area contributed by atoms with E-state index in [0.717, 1.165) is 31.7 Å². The molecule has 0 spiro atoms. The highest BCUT2D eigenvalue weighted by atomic mass is 16.2. The maximum Gasteiger partial charge on any atom is 0.236 e. The van der Waals surface area contributed by atoms with Gasteiger partial charge in [-0.15, -0.1) is 0 Å². The van der Waals surface area contributed by atoms with Crippen molar-refractivity contribution >= 4 is 11.6 Å². The lowest BCUT2D eigenvalue weighted by atomic mass is 9.98. The van der Waals surface area contributed by atoms with E-state index in [2.05, 4.69) is 11.0 Å². The molecule has 1 aromatic carbocycles. The third-order valence-corrected chi connectivity index (χ3v) is 3.65. The van der Waals surface area contributed by atoms with Crippen molar-refractivity contribution in [1.29, 1.82) is 0 Å². The van der Waals surface area contributed by atoms with Crippen LogP contribution in [0.1, 0.15) is 18.1 Å². The lowest BCUT2D eigenvalue weighted by Crippen LogP contribution is -2.40. The third kappa shape index (κ3) is 2.64. The number of nitrogen functional groups attached to an aromatic ring is 1. The Morgan fingerprint density at radius 2 is 2.28 bits per heavy atom. The number of hydrogen-bond acceptors (Lipinski definition) is 3. The zero-order valence-electron chi connectivity index (χ0n) is 11.1. The second kappa shape index (κ2) is 5.40. The summed E-state index contributed by atoms with van der Waals surface area (Å²) in [6.07, 6.45) is 0.976. The Kier molecular flexibility index (Phi) is 3.87. The molecule has 18 heavy (non-hydrogen) atoms. The lowest BCUT2D eigenvalue weighted by Gasteiger charge is -2.30. The molecule has 0 bridgehead atoms. The van der Waals surface area contributed by atoms with Gasteiger partial charge in [-0.1, -0.05) is 12.1 Å². The second-order valence-corrected chi connectivity index (χ2v) is 4.85. The van der Waals surface area contributed by atoms with Crippen LogP contribution in [0, 0.1) is 0 Å². The van der Waals surface area contributed by atoms with Crippen LogP contribution in [0.15, 0.2) is 18.2 Å². The SMILES string of the molecule is CCN(C)C(=O)CN1CCc2cccc(N)c2C1. The van der Waals surface area contributed by atoms with Crippen LogP contribution in [0.25, 0.3) is 0 Å². The van der Waals surface area contributed by atoms with Crippen LogP contribution < -0.4 is 5.73 Å². The molecule has 0 aliphatic carbocycles. The molecule has 0 unspecified atom stereocenters. The summed E-state index contributed by atoms with van der Waals surface area (Å²) in [5.41, 5.74) is 9.35. The van der Waals surface area contributed by atoms with Crippen molar-refractivity contribution in [1.82, 2.24) is 9.80 Å². The number of carbonyl (C=O) groups excluding carboxylic acids is 1. The van der Waals surface area contributed by atoms with E-state index < -0.39 is 0 Å². The van der Waals surface area contributed by atoms with Gasteiger partial charge < -0.3 is 10.6 Å². The number of likely N-dealkylation sites (N-methyl/N-ethyl adjacent to an activating group) is 1. The van der Waals surface area contributed by atoms with E-state index in [0.29, 0.717) is 6.54 Å². The highest BCUT2D eigenvalue weighted by Crippen LogP contribution is 2.23. The number of anilines is 1. The Hall–Kier alpha value is -1.55. The monoisotopic (exact) mass is 247 g/mol. The molecule has 4 nitrogen and oxygen atoms in total. The van der Waals surface area contributed by atoms with Gasteiger partial charge in [0.25, 0.3) is 0 Å². The topological polar surface area (TPSA) is 49.6 Å². The quantitative estimate of drug-likeness (QED) is 0.814. The summed E-state index contributed by atoms with van der Waals surface area (Å²) in [7, 11) is 1.84. The number of amides is 1. The van der Waals surface area contributed by atoms with Gasteiger partial charge in [-0.3, -0.25) is 9.69 Å². The summed E-state index contributed by atoms with van der Waals surface area (Å²) >= 11 is 0. The molecule has 2 N–H and O–H groups in total. The van der Waals surface area contributed by atoms with Gasteiger partial charge in [0.05, 0.1) is 6.54 Å². The van der Waals surface area contributed by atoms with Crippen molar-refractivity contribution in [3.63, 3.8) is 0 Å². The fourth-order valence-electron chi connectivity index (χ4n) is 2.29. The van der Waals surface area contributed by atoms with Crippen LogP contribution in [-0.4, -0.2) is 42.4 Å². The van der Waals surface area contributed by atoms with Gasteiger partial charge in [0.1, 0.15) is 0 Å². The van der Waals surface area contributed by atoms with Crippen LogP contribution >= 0.6 is 0 Å². The normalized spacial score (nSPS) is 15.2. The van der Waals surface area contributed by atoms with Crippen molar-refractivity contribution in [3.05, 3.63) is 29.3 Å². The number of fused-ring (bicyclic) bond motifs is 1. The van der Waals surface area contributed by atoms with Gasteiger partial charge in [-0.05, 0) is 30.5 Å². The molecule has 0 fully saturated rings. The van der Waals surface area contributed by atoms with Crippen LogP contribution in [0.3, 0.4) is 0 Å². The molecule has 1 amide bonds. The Bertz CT molecular complexity index is 445. The Morgan fingerprint density at radius 1 is 1.50 bits per heavy atom. The van der Waals surface area contributed by atoms with Crippen molar-refractivity contribution in [3.8, 4) is 0 Å². The van der Waals surface area contributed by atoms with Crippen LogP contribution in [0.4, 0.5) is 5.69 Å². The zero-order valence-corrected chi connectivity index (χ0v) is 11.1. The summed E-state index contributed by atoms with van der Waals surface area (Å²) in [5.74, 6) is 0.176. The minimum Gasteiger partial charge on any atom is -0.398 e. The Morgan fingerprint density at radius 3 is 3.00 bits per heavy atom. The minimum absolute atomic E-state index is 0.176. The van der Waals surface area contributed by atoms with E-state index in [1.165, 1.54) is 11.1 Å². The smallest absolute Gasteiger partial charge is 0.236 e. The van der Waals surface area contributed by atoms with E-state index in [1.807, 2.05) is 26.1 Å². The van der Waals surface area contributed by atoms with E-state index in [9.17, 15) is 4.79 Å². The molecule has 1 aromatic rings. The molecule has 1 aliphatic rings. The van der Waals surface area contributed by atoms with Crippen molar-refractivity contribution < 1.29 is 4.79 Å². The van der Waals surface area contributed by atoms with Gasteiger partial charge in [-0.2, -0.15) is 0 Å². The number of nitrogens with zero attached hydrogens (tertiary/aromatic N) is 2. The fourth-order valence-corrected chi connectivity index (χ4v) is 2.29. The first-order chi connectivity index (χ1) is 8.61. The van der Waals surface area contributed by atoms with Crippen LogP contribution in [0.2, 0.25) is 0 Å². The minimum atomic E-state index is 0.176. The molecule has 1 aliphatic heterocycles. The maximum atomic E-state index is 11.9. The molecular weight excluding hydrogens is 226 g/mol. The number of nitrogens with two attached hydrogens (primary N) is 1. The molecule has 0 saturated carbocycles. The highest BCUT2D eigenvalue weighted by Gasteiger charge is 2.20. The number of rotatable bonds is 3. The predicted molar refractivity (Wildman–Crippen MR) is 73.1 cm³/mol. The summed E-state index contributed by atoms with van der Waals surface area (Å²) in [5, 5.41) is 0. The molecule has 0 radical (unpaired) electrons. The number of hydrogen-bond donors (Lipinski definition) is 1. The first-order valence-corrected chi connectivity index (χ1v) is 6.44. The van der Waals surface area contributed by atoms with Gasteiger partial charge in [0.15, 0.2) is 0 Å². The zero-order chi connectivity index (χ0) is 13.1. The summed E-state index contributed by atoms with van der Waals surface area (Å²) < 4.78 is 0. The van der Waals surface area contributed by atoms with Crippen molar-refractivity contribution in [2.45, 2.75) is 19.9 Å². The van der Waals surface area contributed by atoms with Crippen molar-refractivity contribution in [2.75, 3.05) is 32.4 Å². The standard InChI is InChI=1S/C14H21N3O/c1-3-16(2)14(18)10-17-8-7-11-5-4-6-13(15)12(11)9-17/h4-6H,3,7-10,15H2,1-2H3.